The van der Waals surface area contributed by atoms with E-state index in [1.165, 1.54) is 51.4 Å². The number of hydrogen-bond acceptors (Lipinski definition) is 2. The van der Waals surface area contributed by atoms with Gasteiger partial charge >= 0.3 is 0 Å². The topological polar surface area (TPSA) is 40.5 Å². The second-order valence-corrected chi connectivity index (χ2v) is 13.3. The minimum atomic E-state index is -0.196. The van der Waals surface area contributed by atoms with Gasteiger partial charge in [0, 0.05) is 0 Å². The molecule has 4 rings (SSSR count). The third kappa shape index (κ3) is 3.72. The van der Waals surface area contributed by atoms with Crippen LogP contribution in [0.2, 0.25) is 0 Å². The monoisotopic (exact) mass is 416 g/mol. The van der Waals surface area contributed by atoms with Crippen LogP contribution >= 0.6 is 0 Å². The summed E-state index contributed by atoms with van der Waals surface area (Å²) in [4.78, 5) is 0. The third-order valence-corrected chi connectivity index (χ3v) is 10.7. The van der Waals surface area contributed by atoms with Gasteiger partial charge in [-0.25, -0.2) is 0 Å². The fourth-order valence-electron chi connectivity index (χ4n) is 8.74. The van der Waals surface area contributed by atoms with Gasteiger partial charge in [-0.15, -0.1) is 0 Å². The Kier molecular flexibility index (Phi) is 6.02. The van der Waals surface area contributed by atoms with E-state index in [9.17, 15) is 10.2 Å². The van der Waals surface area contributed by atoms with E-state index in [4.69, 9.17) is 0 Å². The van der Waals surface area contributed by atoms with E-state index in [1.807, 2.05) is 0 Å². The molecule has 4 aliphatic rings. The standard InChI is InChI=1S/C28H48O2/c1-18(7-12-25(30)26(2,3)4)22-10-11-23-21-9-8-19-17-20(29)13-15-27(19,5)24(21)14-16-28(22,23)6/h17-18,20-25,29-30H,7-16H2,1-6H3/t18-,20+,21+,22-,23+,24+,25?,27+,28-/m1/s1. The van der Waals surface area contributed by atoms with Gasteiger partial charge in [0.1, 0.15) is 0 Å². The molecule has 3 saturated carbocycles. The fraction of sp³-hybridized carbons (Fsp3) is 0.929. The van der Waals surface area contributed by atoms with E-state index in [0.717, 1.165) is 36.5 Å². The average Bonchev–Trinajstić information content (AvgIpc) is 3.03. The van der Waals surface area contributed by atoms with E-state index in [-0.39, 0.29) is 17.6 Å². The number of aliphatic hydroxyl groups is 2. The Morgan fingerprint density at radius 1 is 1.00 bits per heavy atom. The van der Waals surface area contributed by atoms with E-state index in [1.54, 1.807) is 5.57 Å². The van der Waals surface area contributed by atoms with Crippen LogP contribution < -0.4 is 0 Å². The lowest BCUT2D eigenvalue weighted by molar-refractivity contribution is -0.0637. The fourth-order valence-corrected chi connectivity index (χ4v) is 8.74. The summed E-state index contributed by atoms with van der Waals surface area (Å²) in [5.74, 6) is 4.15. The molecule has 0 radical (unpaired) electrons. The summed E-state index contributed by atoms with van der Waals surface area (Å²) in [7, 11) is 0. The van der Waals surface area contributed by atoms with Gasteiger partial charge in [-0.05, 0) is 110 Å². The average molecular weight is 417 g/mol. The highest BCUT2D eigenvalue weighted by Crippen LogP contribution is 2.67. The SMILES string of the molecule is C[C@H](CCC(O)C(C)(C)C)[C@H]1CC[C@H]2[C@@H]3CCC4=C[C@@H](O)CC[C@]4(C)[C@H]3CC[C@]12C. The zero-order chi connectivity index (χ0) is 21.9. The predicted molar refractivity (Wildman–Crippen MR) is 125 cm³/mol. The molecule has 0 aromatic carbocycles. The minimum absolute atomic E-state index is 0.00374. The van der Waals surface area contributed by atoms with Gasteiger partial charge in [-0.1, -0.05) is 53.2 Å². The molecule has 0 bridgehead atoms. The summed E-state index contributed by atoms with van der Waals surface area (Å²) in [5.41, 5.74) is 2.43. The zero-order valence-corrected chi connectivity index (χ0v) is 20.6. The summed E-state index contributed by atoms with van der Waals surface area (Å²) < 4.78 is 0. The number of aliphatic hydroxyl groups excluding tert-OH is 2. The van der Waals surface area contributed by atoms with Crippen molar-refractivity contribution in [2.24, 2.45) is 45.8 Å². The molecule has 1 unspecified atom stereocenters. The van der Waals surface area contributed by atoms with E-state index < -0.39 is 0 Å². The molecule has 0 saturated heterocycles. The lowest BCUT2D eigenvalue weighted by Crippen LogP contribution is -2.51. The van der Waals surface area contributed by atoms with E-state index in [0.29, 0.717) is 16.7 Å². The molecule has 3 fully saturated rings. The molecule has 2 nitrogen and oxygen atoms in total. The van der Waals surface area contributed by atoms with Crippen LogP contribution in [0, 0.1) is 45.8 Å². The molecule has 2 heteroatoms. The second-order valence-electron chi connectivity index (χ2n) is 13.3. The Hall–Kier alpha value is -0.340. The predicted octanol–water partition coefficient (Wildman–Crippen LogP) is 6.75. The van der Waals surface area contributed by atoms with Crippen LogP contribution in [0.1, 0.15) is 106 Å². The molecule has 0 amide bonds. The first-order chi connectivity index (χ1) is 14.0. The van der Waals surface area contributed by atoms with Crippen LogP contribution in [-0.2, 0) is 0 Å². The molecule has 30 heavy (non-hydrogen) atoms. The summed E-state index contributed by atoms with van der Waals surface area (Å²) in [6, 6.07) is 0. The van der Waals surface area contributed by atoms with Crippen LogP contribution in [0.25, 0.3) is 0 Å². The highest BCUT2D eigenvalue weighted by molar-refractivity contribution is 5.25. The number of fused-ring (bicyclic) bond motifs is 5. The van der Waals surface area contributed by atoms with Crippen molar-refractivity contribution in [2.45, 2.75) is 118 Å². The number of rotatable bonds is 4. The van der Waals surface area contributed by atoms with Crippen LogP contribution in [0.5, 0.6) is 0 Å². The van der Waals surface area contributed by atoms with Gasteiger partial charge in [-0.3, -0.25) is 0 Å². The first-order valence-electron chi connectivity index (χ1n) is 13.0. The second kappa shape index (κ2) is 7.91. The van der Waals surface area contributed by atoms with Crippen LogP contribution in [0.3, 0.4) is 0 Å². The molecule has 9 atom stereocenters. The first kappa shape index (κ1) is 22.8. The lowest BCUT2D eigenvalue weighted by atomic mass is 9.46. The first-order valence-corrected chi connectivity index (χ1v) is 13.0. The highest BCUT2D eigenvalue weighted by atomic mass is 16.3. The molecule has 172 valence electrons. The van der Waals surface area contributed by atoms with Gasteiger partial charge in [0.2, 0.25) is 0 Å². The molecule has 2 N–H and O–H groups in total. The summed E-state index contributed by atoms with van der Waals surface area (Å²) in [6.07, 6.45) is 14.3. The van der Waals surface area contributed by atoms with Crippen molar-refractivity contribution in [3.8, 4) is 0 Å². The molecule has 0 aromatic rings. The normalized spacial score (nSPS) is 45.7. The van der Waals surface area contributed by atoms with Gasteiger partial charge in [0.25, 0.3) is 0 Å². The molecule has 0 spiro atoms. The number of allylic oxidation sites excluding steroid dienone is 1. The summed E-state index contributed by atoms with van der Waals surface area (Å²) in [5, 5.41) is 20.8. The smallest absolute Gasteiger partial charge is 0.0724 e. The lowest BCUT2D eigenvalue weighted by Gasteiger charge is -2.59. The van der Waals surface area contributed by atoms with Crippen molar-refractivity contribution < 1.29 is 10.2 Å². The Labute approximate surface area is 185 Å². The summed E-state index contributed by atoms with van der Waals surface area (Å²) >= 11 is 0. The molecule has 0 heterocycles. The van der Waals surface area contributed by atoms with Crippen molar-refractivity contribution in [2.75, 3.05) is 0 Å². The third-order valence-electron chi connectivity index (χ3n) is 10.7. The van der Waals surface area contributed by atoms with E-state index >= 15 is 0 Å². The van der Waals surface area contributed by atoms with Crippen molar-refractivity contribution in [3.63, 3.8) is 0 Å². The zero-order valence-electron chi connectivity index (χ0n) is 20.6. The highest BCUT2D eigenvalue weighted by Gasteiger charge is 2.59. The molecule has 0 aliphatic heterocycles. The Bertz CT molecular complexity index is 660. The maximum atomic E-state index is 10.6. The molecular weight excluding hydrogens is 368 g/mol. The van der Waals surface area contributed by atoms with Crippen LogP contribution in [0.15, 0.2) is 11.6 Å². The van der Waals surface area contributed by atoms with Gasteiger partial charge in [0.15, 0.2) is 0 Å². The van der Waals surface area contributed by atoms with Crippen LogP contribution in [0.4, 0.5) is 0 Å². The van der Waals surface area contributed by atoms with E-state index in [2.05, 4.69) is 47.6 Å². The van der Waals surface area contributed by atoms with Crippen LogP contribution in [-0.4, -0.2) is 22.4 Å². The molecular formula is C28H48O2. The maximum Gasteiger partial charge on any atom is 0.0724 e. The van der Waals surface area contributed by atoms with Gasteiger partial charge in [0.05, 0.1) is 12.2 Å². The quantitative estimate of drug-likeness (QED) is 0.498. The Morgan fingerprint density at radius 2 is 1.73 bits per heavy atom. The molecule has 4 aliphatic carbocycles. The van der Waals surface area contributed by atoms with Crippen molar-refractivity contribution in [3.05, 3.63) is 11.6 Å². The van der Waals surface area contributed by atoms with Gasteiger partial charge < -0.3 is 10.2 Å². The van der Waals surface area contributed by atoms with Crippen molar-refractivity contribution in [1.29, 1.82) is 0 Å². The largest absolute Gasteiger partial charge is 0.393 e. The maximum absolute atomic E-state index is 10.6. The minimum Gasteiger partial charge on any atom is -0.393 e. The summed E-state index contributed by atoms with van der Waals surface area (Å²) in [6.45, 7) is 14.1. The van der Waals surface area contributed by atoms with Crippen molar-refractivity contribution in [1.82, 2.24) is 0 Å². The van der Waals surface area contributed by atoms with Gasteiger partial charge in [-0.2, -0.15) is 0 Å². The number of hydrogen-bond donors (Lipinski definition) is 2. The van der Waals surface area contributed by atoms with Crippen molar-refractivity contribution >= 4 is 0 Å². The Balaban J connectivity index is 1.47. The molecule has 0 aromatic heterocycles. The Morgan fingerprint density at radius 3 is 2.43 bits per heavy atom.